The van der Waals surface area contributed by atoms with Crippen molar-refractivity contribution in [3.05, 3.63) is 18.0 Å². The van der Waals surface area contributed by atoms with Gasteiger partial charge in [-0.1, -0.05) is 64.7 Å². The highest BCUT2D eigenvalue weighted by Crippen LogP contribution is 2.11. The van der Waals surface area contributed by atoms with Crippen LogP contribution < -0.4 is 5.73 Å². The van der Waals surface area contributed by atoms with Crippen LogP contribution in [-0.4, -0.2) is 16.3 Å². The van der Waals surface area contributed by atoms with Gasteiger partial charge in [-0.25, -0.2) is 0 Å². The Morgan fingerprint density at radius 3 is 2.15 bits per heavy atom. The van der Waals surface area contributed by atoms with E-state index in [1.165, 1.54) is 69.8 Å². The summed E-state index contributed by atoms with van der Waals surface area (Å²) in [4.78, 5) is 0. The normalized spacial score (nSPS) is 11.1. The van der Waals surface area contributed by atoms with Gasteiger partial charge in [0.25, 0.3) is 0 Å². The van der Waals surface area contributed by atoms with Crippen molar-refractivity contribution in [2.75, 3.05) is 6.54 Å². The maximum atomic E-state index is 5.54. The highest BCUT2D eigenvalue weighted by Gasteiger charge is 1.98. The Hall–Kier alpha value is -0.830. The molecule has 0 spiro atoms. The second-order valence-corrected chi connectivity index (χ2v) is 5.83. The zero-order valence-corrected chi connectivity index (χ0v) is 13.3. The average molecular weight is 279 g/mol. The van der Waals surface area contributed by atoms with Crippen LogP contribution in [0.5, 0.6) is 0 Å². The number of aromatic nitrogens is 2. The lowest BCUT2D eigenvalue weighted by molar-refractivity contribution is 0.515. The molecule has 0 saturated carbocycles. The third-order valence-electron chi connectivity index (χ3n) is 3.86. The molecule has 0 bridgehead atoms. The van der Waals surface area contributed by atoms with Crippen molar-refractivity contribution in [1.29, 1.82) is 0 Å². The van der Waals surface area contributed by atoms with Crippen molar-refractivity contribution >= 4 is 0 Å². The average Bonchev–Trinajstić information content (AvgIpc) is 2.89. The van der Waals surface area contributed by atoms with Crippen molar-refractivity contribution in [1.82, 2.24) is 9.78 Å². The molecule has 0 aromatic carbocycles. The topological polar surface area (TPSA) is 43.8 Å². The maximum absolute atomic E-state index is 5.54. The lowest BCUT2D eigenvalue weighted by Gasteiger charge is -2.03. The van der Waals surface area contributed by atoms with E-state index in [2.05, 4.69) is 22.9 Å². The maximum Gasteiger partial charge on any atom is 0.0522 e. The second kappa shape index (κ2) is 12.0. The fourth-order valence-electron chi connectivity index (χ4n) is 2.59. The number of hydrogen-bond acceptors (Lipinski definition) is 2. The Balaban J connectivity index is 1.89. The zero-order valence-electron chi connectivity index (χ0n) is 13.3. The van der Waals surface area contributed by atoms with E-state index in [0.29, 0.717) is 6.54 Å². The van der Waals surface area contributed by atoms with E-state index in [1.54, 1.807) is 0 Å². The quantitative estimate of drug-likeness (QED) is 0.547. The van der Waals surface area contributed by atoms with E-state index in [1.807, 2.05) is 6.20 Å². The zero-order chi connectivity index (χ0) is 14.5. The minimum absolute atomic E-state index is 0.712. The highest BCUT2D eigenvalue weighted by molar-refractivity contribution is 5.03. The van der Waals surface area contributed by atoms with Gasteiger partial charge >= 0.3 is 0 Å². The first-order chi connectivity index (χ1) is 9.86. The fraction of sp³-hybridized carbons (Fsp3) is 0.824. The first kappa shape index (κ1) is 17.2. The van der Waals surface area contributed by atoms with E-state index in [9.17, 15) is 0 Å². The Morgan fingerprint density at radius 1 is 0.950 bits per heavy atom. The third kappa shape index (κ3) is 8.36. The van der Waals surface area contributed by atoms with Gasteiger partial charge < -0.3 is 5.73 Å². The van der Waals surface area contributed by atoms with Crippen molar-refractivity contribution in [2.45, 2.75) is 84.1 Å². The van der Waals surface area contributed by atoms with Crippen LogP contribution in [0.25, 0.3) is 0 Å². The van der Waals surface area contributed by atoms with E-state index >= 15 is 0 Å². The molecule has 0 aliphatic rings. The molecule has 0 aliphatic heterocycles. The van der Waals surface area contributed by atoms with Gasteiger partial charge in [0, 0.05) is 12.7 Å². The summed E-state index contributed by atoms with van der Waals surface area (Å²) >= 11 is 0. The SMILES string of the molecule is CCCCCCCCCCCCn1cc(CCN)cn1. The van der Waals surface area contributed by atoms with Crippen LogP contribution in [0.1, 0.15) is 76.7 Å². The molecule has 20 heavy (non-hydrogen) atoms. The van der Waals surface area contributed by atoms with Crippen LogP contribution in [0.3, 0.4) is 0 Å². The molecule has 1 aromatic rings. The lowest BCUT2D eigenvalue weighted by atomic mass is 10.1. The van der Waals surface area contributed by atoms with Gasteiger partial charge in [-0.3, -0.25) is 4.68 Å². The van der Waals surface area contributed by atoms with Crippen molar-refractivity contribution in [3.63, 3.8) is 0 Å². The molecule has 1 heterocycles. The molecule has 0 saturated heterocycles. The summed E-state index contributed by atoms with van der Waals surface area (Å²) in [6, 6.07) is 0. The van der Waals surface area contributed by atoms with E-state index in [4.69, 9.17) is 5.73 Å². The van der Waals surface area contributed by atoms with E-state index < -0.39 is 0 Å². The summed E-state index contributed by atoms with van der Waals surface area (Å²) in [5, 5.41) is 4.37. The number of aryl methyl sites for hydroxylation is 1. The van der Waals surface area contributed by atoms with Crippen molar-refractivity contribution in [2.24, 2.45) is 5.73 Å². The Labute approximate surface area is 124 Å². The molecule has 3 nitrogen and oxygen atoms in total. The Morgan fingerprint density at radius 2 is 1.55 bits per heavy atom. The van der Waals surface area contributed by atoms with Gasteiger partial charge in [-0.2, -0.15) is 5.10 Å². The molecular formula is C17H33N3. The number of unbranched alkanes of at least 4 members (excludes halogenated alkanes) is 9. The third-order valence-corrected chi connectivity index (χ3v) is 3.86. The fourth-order valence-corrected chi connectivity index (χ4v) is 2.59. The molecule has 0 fully saturated rings. The van der Waals surface area contributed by atoms with Gasteiger partial charge in [0.05, 0.1) is 6.20 Å². The molecule has 1 rings (SSSR count). The van der Waals surface area contributed by atoms with Crippen LogP contribution in [0.15, 0.2) is 12.4 Å². The summed E-state index contributed by atoms with van der Waals surface area (Å²) in [5.41, 5.74) is 6.80. The van der Waals surface area contributed by atoms with Crippen molar-refractivity contribution < 1.29 is 0 Å². The van der Waals surface area contributed by atoms with Gasteiger partial charge in [0.2, 0.25) is 0 Å². The van der Waals surface area contributed by atoms with Gasteiger partial charge in [0.15, 0.2) is 0 Å². The monoisotopic (exact) mass is 279 g/mol. The van der Waals surface area contributed by atoms with Crippen LogP contribution >= 0.6 is 0 Å². The summed E-state index contributed by atoms with van der Waals surface area (Å²) in [6.45, 7) is 4.05. The first-order valence-corrected chi connectivity index (χ1v) is 8.58. The Bertz CT molecular complexity index is 320. The molecule has 0 amide bonds. The van der Waals surface area contributed by atoms with Gasteiger partial charge in [-0.15, -0.1) is 0 Å². The molecule has 0 atom stereocenters. The molecule has 0 aliphatic carbocycles. The van der Waals surface area contributed by atoms with Gasteiger partial charge in [-0.05, 0) is 24.9 Å². The molecule has 2 N–H and O–H groups in total. The van der Waals surface area contributed by atoms with Crippen LogP contribution in [0, 0.1) is 0 Å². The lowest BCUT2D eigenvalue weighted by Crippen LogP contribution is -2.02. The van der Waals surface area contributed by atoms with E-state index in [0.717, 1.165) is 13.0 Å². The van der Waals surface area contributed by atoms with Crippen LogP contribution in [0.4, 0.5) is 0 Å². The standard InChI is InChI=1S/C17H33N3/c1-2-3-4-5-6-7-8-9-10-11-14-20-16-17(12-13-18)15-19-20/h15-16H,2-14,18H2,1H3. The summed E-state index contributed by atoms with van der Waals surface area (Å²) in [5.74, 6) is 0. The molecule has 0 unspecified atom stereocenters. The van der Waals surface area contributed by atoms with Crippen LogP contribution in [-0.2, 0) is 13.0 Å². The number of rotatable bonds is 13. The smallest absolute Gasteiger partial charge is 0.0522 e. The van der Waals surface area contributed by atoms with Crippen molar-refractivity contribution in [3.8, 4) is 0 Å². The number of hydrogen-bond donors (Lipinski definition) is 1. The first-order valence-electron chi connectivity index (χ1n) is 8.58. The minimum atomic E-state index is 0.712. The molecular weight excluding hydrogens is 246 g/mol. The molecule has 116 valence electrons. The summed E-state index contributed by atoms with van der Waals surface area (Å²) in [7, 11) is 0. The number of nitrogens with zero attached hydrogens (tertiary/aromatic N) is 2. The van der Waals surface area contributed by atoms with Gasteiger partial charge in [0.1, 0.15) is 0 Å². The Kier molecular flexibility index (Phi) is 10.3. The predicted octanol–water partition coefficient (Wildman–Crippen LogP) is 4.31. The number of nitrogens with two attached hydrogens (primary N) is 1. The minimum Gasteiger partial charge on any atom is -0.330 e. The molecule has 3 heteroatoms. The second-order valence-electron chi connectivity index (χ2n) is 5.83. The molecule has 1 aromatic heterocycles. The highest BCUT2D eigenvalue weighted by atomic mass is 15.3. The van der Waals surface area contributed by atoms with Crippen LogP contribution in [0.2, 0.25) is 0 Å². The van der Waals surface area contributed by atoms with E-state index in [-0.39, 0.29) is 0 Å². The predicted molar refractivity (Wildman–Crippen MR) is 86.8 cm³/mol. The largest absolute Gasteiger partial charge is 0.330 e. The summed E-state index contributed by atoms with van der Waals surface area (Å²) < 4.78 is 2.07. The summed E-state index contributed by atoms with van der Waals surface area (Å²) in [6.07, 6.45) is 18.9. The molecule has 0 radical (unpaired) electrons.